The van der Waals surface area contributed by atoms with Gasteiger partial charge in [-0.1, -0.05) is 37.6 Å². The Bertz CT molecular complexity index is 344. The highest BCUT2D eigenvalue weighted by Crippen LogP contribution is 2.24. The molecular formula is C13H17F. The minimum absolute atomic E-state index is 0.102. The van der Waals surface area contributed by atoms with E-state index < -0.39 is 0 Å². The first-order valence-corrected chi connectivity index (χ1v) is 4.95. The second-order valence-corrected chi connectivity index (χ2v) is 4.12. The van der Waals surface area contributed by atoms with Crippen LogP contribution in [-0.2, 0) is 0 Å². The van der Waals surface area contributed by atoms with Gasteiger partial charge in [0.1, 0.15) is 5.82 Å². The molecule has 0 unspecified atom stereocenters. The van der Waals surface area contributed by atoms with Gasteiger partial charge in [0.25, 0.3) is 0 Å². The van der Waals surface area contributed by atoms with Crippen LogP contribution in [0.1, 0.15) is 44.7 Å². The third-order valence-electron chi connectivity index (χ3n) is 2.11. The normalized spacial score (nSPS) is 10.4. The van der Waals surface area contributed by atoms with Gasteiger partial charge < -0.3 is 0 Å². The molecule has 1 aromatic rings. The molecule has 0 aliphatic carbocycles. The summed E-state index contributed by atoms with van der Waals surface area (Å²) in [5.41, 5.74) is 3.01. The van der Waals surface area contributed by atoms with Crippen molar-refractivity contribution >= 4 is 6.08 Å². The van der Waals surface area contributed by atoms with Crippen molar-refractivity contribution in [2.24, 2.45) is 0 Å². The number of halogens is 1. The average molecular weight is 192 g/mol. The summed E-state index contributed by atoms with van der Waals surface area (Å²) < 4.78 is 13.5. The van der Waals surface area contributed by atoms with E-state index in [0.717, 1.165) is 11.1 Å². The van der Waals surface area contributed by atoms with Crippen LogP contribution in [0.15, 0.2) is 23.8 Å². The van der Waals surface area contributed by atoms with Crippen molar-refractivity contribution in [1.82, 2.24) is 0 Å². The molecule has 0 fully saturated rings. The molecule has 0 saturated carbocycles. The SMILES string of the molecule is CC(C)=Cc1cccc(F)c1C(C)C. The first-order chi connectivity index (χ1) is 6.52. The number of benzene rings is 1. The summed E-state index contributed by atoms with van der Waals surface area (Å²) in [7, 11) is 0. The van der Waals surface area contributed by atoms with Crippen LogP contribution in [0.25, 0.3) is 6.08 Å². The lowest BCUT2D eigenvalue weighted by molar-refractivity contribution is 0.597. The molecule has 0 bridgehead atoms. The summed E-state index contributed by atoms with van der Waals surface area (Å²) in [4.78, 5) is 0. The van der Waals surface area contributed by atoms with Crippen LogP contribution in [0.5, 0.6) is 0 Å². The van der Waals surface area contributed by atoms with Crippen molar-refractivity contribution in [3.8, 4) is 0 Å². The molecular weight excluding hydrogens is 175 g/mol. The fraction of sp³-hybridized carbons (Fsp3) is 0.385. The van der Waals surface area contributed by atoms with Crippen LogP contribution in [-0.4, -0.2) is 0 Å². The molecule has 0 nitrogen and oxygen atoms in total. The highest BCUT2D eigenvalue weighted by Gasteiger charge is 2.09. The predicted molar refractivity (Wildman–Crippen MR) is 59.8 cm³/mol. The molecule has 0 heterocycles. The molecule has 1 rings (SSSR count). The summed E-state index contributed by atoms with van der Waals surface area (Å²) in [6, 6.07) is 5.25. The molecule has 1 aromatic carbocycles. The lowest BCUT2D eigenvalue weighted by Crippen LogP contribution is -1.96. The zero-order valence-electron chi connectivity index (χ0n) is 9.26. The van der Waals surface area contributed by atoms with Crippen LogP contribution in [0.4, 0.5) is 4.39 Å². The zero-order chi connectivity index (χ0) is 10.7. The van der Waals surface area contributed by atoms with Crippen molar-refractivity contribution in [1.29, 1.82) is 0 Å². The summed E-state index contributed by atoms with van der Waals surface area (Å²) in [6.07, 6.45) is 2.03. The molecule has 0 aliphatic heterocycles. The van der Waals surface area contributed by atoms with E-state index in [1.165, 1.54) is 11.6 Å². The lowest BCUT2D eigenvalue weighted by atomic mass is 9.95. The van der Waals surface area contributed by atoms with Gasteiger partial charge in [-0.15, -0.1) is 0 Å². The minimum Gasteiger partial charge on any atom is -0.207 e. The minimum atomic E-state index is -0.102. The average Bonchev–Trinajstić information content (AvgIpc) is 2.01. The van der Waals surface area contributed by atoms with Crippen molar-refractivity contribution in [2.75, 3.05) is 0 Å². The topological polar surface area (TPSA) is 0 Å². The molecule has 0 saturated heterocycles. The van der Waals surface area contributed by atoms with E-state index in [2.05, 4.69) is 0 Å². The number of allylic oxidation sites excluding steroid dienone is 1. The van der Waals surface area contributed by atoms with E-state index in [-0.39, 0.29) is 11.7 Å². The first kappa shape index (κ1) is 11.0. The summed E-state index contributed by atoms with van der Waals surface area (Å²) in [5, 5.41) is 0. The van der Waals surface area contributed by atoms with E-state index in [4.69, 9.17) is 0 Å². The maximum atomic E-state index is 13.5. The predicted octanol–water partition coefficient (Wildman–Crippen LogP) is 4.37. The number of hydrogen-bond acceptors (Lipinski definition) is 0. The van der Waals surface area contributed by atoms with Gasteiger partial charge in [0.05, 0.1) is 0 Å². The van der Waals surface area contributed by atoms with Crippen LogP contribution in [0.2, 0.25) is 0 Å². The van der Waals surface area contributed by atoms with Crippen molar-refractivity contribution in [3.05, 3.63) is 40.7 Å². The Morgan fingerprint density at radius 1 is 1.29 bits per heavy atom. The zero-order valence-corrected chi connectivity index (χ0v) is 9.26. The van der Waals surface area contributed by atoms with E-state index in [1.807, 2.05) is 39.8 Å². The fourth-order valence-electron chi connectivity index (χ4n) is 1.60. The van der Waals surface area contributed by atoms with Crippen LogP contribution >= 0.6 is 0 Å². The first-order valence-electron chi connectivity index (χ1n) is 4.95. The van der Waals surface area contributed by atoms with Gasteiger partial charge in [0.15, 0.2) is 0 Å². The molecule has 76 valence electrons. The summed E-state index contributed by atoms with van der Waals surface area (Å²) in [5.74, 6) is 0.122. The second-order valence-electron chi connectivity index (χ2n) is 4.12. The molecule has 1 heteroatoms. The van der Waals surface area contributed by atoms with Crippen molar-refractivity contribution in [2.45, 2.75) is 33.6 Å². The molecule has 0 spiro atoms. The Morgan fingerprint density at radius 2 is 1.93 bits per heavy atom. The van der Waals surface area contributed by atoms with Crippen molar-refractivity contribution < 1.29 is 4.39 Å². The molecule has 0 atom stereocenters. The highest BCUT2D eigenvalue weighted by atomic mass is 19.1. The standard InChI is InChI=1S/C13H17F/c1-9(2)8-11-6-5-7-12(14)13(11)10(3)4/h5-8,10H,1-4H3. The second kappa shape index (κ2) is 4.41. The number of rotatable bonds is 2. The van der Waals surface area contributed by atoms with Gasteiger partial charge in [-0.2, -0.15) is 0 Å². The van der Waals surface area contributed by atoms with Gasteiger partial charge >= 0.3 is 0 Å². The van der Waals surface area contributed by atoms with Crippen molar-refractivity contribution in [3.63, 3.8) is 0 Å². The third-order valence-corrected chi connectivity index (χ3v) is 2.11. The molecule has 0 aromatic heterocycles. The maximum Gasteiger partial charge on any atom is 0.127 e. The van der Waals surface area contributed by atoms with E-state index in [9.17, 15) is 4.39 Å². The van der Waals surface area contributed by atoms with Gasteiger partial charge in [-0.25, -0.2) is 4.39 Å². The van der Waals surface area contributed by atoms with Gasteiger partial charge in [-0.3, -0.25) is 0 Å². The smallest absolute Gasteiger partial charge is 0.127 e. The van der Waals surface area contributed by atoms with Gasteiger partial charge in [0, 0.05) is 0 Å². The molecule has 0 N–H and O–H groups in total. The Balaban J connectivity index is 3.28. The highest BCUT2D eigenvalue weighted by molar-refractivity contribution is 5.57. The fourth-order valence-corrected chi connectivity index (χ4v) is 1.60. The van der Waals surface area contributed by atoms with Gasteiger partial charge in [0.2, 0.25) is 0 Å². The quantitative estimate of drug-likeness (QED) is 0.652. The summed E-state index contributed by atoms with van der Waals surface area (Å²) >= 11 is 0. The Morgan fingerprint density at radius 3 is 2.43 bits per heavy atom. The summed E-state index contributed by atoms with van der Waals surface area (Å²) in [6.45, 7) is 8.07. The van der Waals surface area contributed by atoms with Crippen LogP contribution < -0.4 is 0 Å². The van der Waals surface area contributed by atoms with E-state index >= 15 is 0 Å². The molecule has 0 aliphatic rings. The monoisotopic (exact) mass is 192 g/mol. The molecule has 0 radical (unpaired) electrons. The maximum absolute atomic E-state index is 13.5. The molecule has 0 amide bonds. The number of hydrogen-bond donors (Lipinski definition) is 0. The Hall–Kier alpha value is -1.11. The van der Waals surface area contributed by atoms with Crippen LogP contribution in [0.3, 0.4) is 0 Å². The molecule has 14 heavy (non-hydrogen) atoms. The van der Waals surface area contributed by atoms with Crippen LogP contribution in [0, 0.1) is 5.82 Å². The van der Waals surface area contributed by atoms with E-state index in [1.54, 1.807) is 6.07 Å². The third kappa shape index (κ3) is 2.44. The Labute approximate surface area is 85.5 Å². The van der Waals surface area contributed by atoms with Gasteiger partial charge in [-0.05, 0) is 37.0 Å². The Kier molecular flexibility index (Phi) is 3.45. The van der Waals surface area contributed by atoms with E-state index in [0.29, 0.717) is 0 Å². The lowest BCUT2D eigenvalue weighted by Gasteiger charge is -2.11. The largest absolute Gasteiger partial charge is 0.207 e.